The zero-order chi connectivity index (χ0) is 25.5. The Bertz CT molecular complexity index is 843. The van der Waals surface area contributed by atoms with Crippen molar-refractivity contribution in [2.75, 3.05) is 7.05 Å². The predicted octanol–water partition coefficient (Wildman–Crippen LogP) is 4.28. The number of benzene rings is 1. The number of hydrogen-bond donors (Lipinski definition) is 3. The maximum atomic E-state index is 13.6. The second-order valence-electron chi connectivity index (χ2n) is 10.6. The van der Waals surface area contributed by atoms with Gasteiger partial charge in [0.25, 0.3) is 0 Å². The van der Waals surface area contributed by atoms with E-state index in [2.05, 4.69) is 10.6 Å². The number of para-hydroxylation sites is 1. The molecule has 0 spiro atoms. The number of rotatable bonds is 8. The number of hydrogen-bond acceptors (Lipinski definition) is 5. The Balaban J connectivity index is 2.31. The normalized spacial score (nSPS) is 16.4. The van der Waals surface area contributed by atoms with Gasteiger partial charge in [-0.05, 0) is 52.0 Å². The highest BCUT2D eigenvalue weighted by atomic mass is 16.6. The van der Waals surface area contributed by atoms with Gasteiger partial charge in [-0.1, -0.05) is 51.3 Å². The van der Waals surface area contributed by atoms with E-state index in [1.54, 1.807) is 39.0 Å². The molecule has 1 fully saturated rings. The highest BCUT2D eigenvalue weighted by Crippen LogP contribution is 2.30. The van der Waals surface area contributed by atoms with Crippen molar-refractivity contribution < 1.29 is 24.2 Å². The summed E-state index contributed by atoms with van der Waals surface area (Å²) in [5.74, 6) is -0.722. The number of ether oxygens (including phenoxy) is 1. The minimum atomic E-state index is -1.04. The second-order valence-corrected chi connectivity index (χ2v) is 10.6. The molecule has 0 saturated heterocycles. The molecule has 0 radical (unpaired) electrons. The summed E-state index contributed by atoms with van der Waals surface area (Å²) < 4.78 is 5.35. The molecule has 2 atom stereocenters. The lowest BCUT2D eigenvalue weighted by Crippen LogP contribution is -2.53. The van der Waals surface area contributed by atoms with Crippen molar-refractivity contribution in [1.29, 1.82) is 0 Å². The van der Waals surface area contributed by atoms with Crippen molar-refractivity contribution >= 4 is 17.9 Å². The van der Waals surface area contributed by atoms with Gasteiger partial charge in [-0.2, -0.15) is 0 Å². The van der Waals surface area contributed by atoms with Crippen molar-refractivity contribution in [3.63, 3.8) is 0 Å². The van der Waals surface area contributed by atoms with E-state index in [4.69, 9.17) is 4.74 Å². The van der Waals surface area contributed by atoms with Gasteiger partial charge < -0.3 is 25.4 Å². The van der Waals surface area contributed by atoms with Gasteiger partial charge in [-0.25, -0.2) is 4.79 Å². The number of amides is 3. The highest BCUT2D eigenvalue weighted by molar-refractivity contribution is 5.92. The molecule has 3 amide bonds. The van der Waals surface area contributed by atoms with Crippen LogP contribution in [0.15, 0.2) is 24.3 Å². The zero-order valence-corrected chi connectivity index (χ0v) is 21.4. The van der Waals surface area contributed by atoms with Crippen LogP contribution in [0, 0.1) is 5.92 Å². The van der Waals surface area contributed by atoms with Crippen molar-refractivity contribution in [2.45, 2.75) is 96.9 Å². The molecule has 0 heterocycles. The van der Waals surface area contributed by atoms with Gasteiger partial charge >= 0.3 is 6.09 Å². The summed E-state index contributed by atoms with van der Waals surface area (Å²) in [4.78, 5) is 40.8. The molecule has 1 aliphatic rings. The third kappa shape index (κ3) is 8.22. The number of carbonyl (C=O) groups is 3. The Labute approximate surface area is 203 Å². The smallest absolute Gasteiger partial charge is 0.408 e. The summed E-state index contributed by atoms with van der Waals surface area (Å²) in [5, 5.41) is 16.3. The number of phenols is 1. The first-order valence-electron chi connectivity index (χ1n) is 12.2. The fourth-order valence-electron chi connectivity index (χ4n) is 4.29. The van der Waals surface area contributed by atoms with Gasteiger partial charge in [0.15, 0.2) is 0 Å². The average Bonchev–Trinajstić information content (AvgIpc) is 2.73. The van der Waals surface area contributed by atoms with Crippen LogP contribution in [0.3, 0.4) is 0 Å². The molecule has 1 saturated carbocycles. The summed E-state index contributed by atoms with van der Waals surface area (Å²) in [6, 6.07) is 4.66. The van der Waals surface area contributed by atoms with E-state index < -0.39 is 29.7 Å². The lowest BCUT2D eigenvalue weighted by Gasteiger charge is -2.33. The monoisotopic (exact) mass is 475 g/mol. The summed E-state index contributed by atoms with van der Waals surface area (Å²) in [6.07, 6.45) is 4.74. The van der Waals surface area contributed by atoms with E-state index in [1.807, 2.05) is 13.8 Å². The zero-order valence-electron chi connectivity index (χ0n) is 21.4. The quantitative estimate of drug-likeness (QED) is 0.520. The number of alkyl carbamates (subject to hydrolysis) is 1. The first-order valence-corrected chi connectivity index (χ1v) is 12.2. The topological polar surface area (TPSA) is 108 Å². The van der Waals surface area contributed by atoms with Gasteiger partial charge in [0.2, 0.25) is 11.8 Å². The van der Waals surface area contributed by atoms with Crippen LogP contribution in [-0.4, -0.2) is 52.6 Å². The van der Waals surface area contributed by atoms with Gasteiger partial charge in [0.1, 0.15) is 23.4 Å². The minimum Gasteiger partial charge on any atom is -0.508 e. The highest BCUT2D eigenvalue weighted by Gasteiger charge is 2.36. The molecule has 190 valence electrons. The van der Waals surface area contributed by atoms with E-state index in [-0.39, 0.29) is 23.6 Å². The van der Waals surface area contributed by atoms with E-state index in [9.17, 15) is 19.5 Å². The van der Waals surface area contributed by atoms with E-state index in [0.29, 0.717) is 12.0 Å². The molecule has 0 aromatic heterocycles. The molecule has 1 aromatic rings. The van der Waals surface area contributed by atoms with Crippen LogP contribution in [0.2, 0.25) is 0 Å². The van der Waals surface area contributed by atoms with E-state index >= 15 is 0 Å². The van der Waals surface area contributed by atoms with Crippen molar-refractivity contribution in [3.8, 4) is 5.75 Å². The fourth-order valence-corrected chi connectivity index (χ4v) is 4.29. The summed E-state index contributed by atoms with van der Waals surface area (Å²) in [5.41, 5.74) is -0.369. The molecule has 2 rings (SSSR count). The van der Waals surface area contributed by atoms with Crippen molar-refractivity contribution in [2.24, 2.45) is 5.92 Å². The maximum Gasteiger partial charge on any atom is 0.408 e. The first kappa shape index (κ1) is 27.5. The van der Waals surface area contributed by atoms with Crippen LogP contribution in [0.4, 0.5) is 4.79 Å². The van der Waals surface area contributed by atoms with Gasteiger partial charge in [-0.15, -0.1) is 0 Å². The minimum absolute atomic E-state index is 0.0458. The van der Waals surface area contributed by atoms with Gasteiger partial charge in [0.05, 0.1) is 0 Å². The van der Waals surface area contributed by atoms with E-state index in [0.717, 1.165) is 32.1 Å². The van der Waals surface area contributed by atoms with Crippen LogP contribution in [0.5, 0.6) is 5.75 Å². The van der Waals surface area contributed by atoms with E-state index in [1.165, 1.54) is 18.0 Å². The molecule has 3 N–H and O–H groups in total. The number of phenolic OH excluding ortho intramolecular Hbond substituents is 1. The molecule has 0 bridgehead atoms. The van der Waals surface area contributed by atoms with Crippen molar-refractivity contribution in [3.05, 3.63) is 29.8 Å². The lowest BCUT2D eigenvalue weighted by molar-refractivity contribution is -0.141. The SMILES string of the molecule is CC(C)CC(NC(=O)OC(C)(C)C)C(=O)N(C)C(C(=O)NC1CCCCC1)c1ccccc1O. The average molecular weight is 476 g/mol. The molecular weight excluding hydrogens is 434 g/mol. The molecule has 0 aliphatic heterocycles. The maximum absolute atomic E-state index is 13.6. The second kappa shape index (κ2) is 12.1. The predicted molar refractivity (Wildman–Crippen MR) is 131 cm³/mol. The molecule has 8 nitrogen and oxygen atoms in total. The summed E-state index contributed by atoms with van der Waals surface area (Å²) >= 11 is 0. The Hall–Kier alpha value is -2.77. The third-order valence-electron chi connectivity index (χ3n) is 5.86. The van der Waals surface area contributed by atoms with Gasteiger partial charge in [0, 0.05) is 18.7 Å². The first-order chi connectivity index (χ1) is 15.9. The summed E-state index contributed by atoms with van der Waals surface area (Å²) in [6.45, 7) is 9.16. The number of nitrogens with zero attached hydrogens (tertiary/aromatic N) is 1. The Morgan fingerprint density at radius 2 is 1.74 bits per heavy atom. The Morgan fingerprint density at radius 3 is 2.29 bits per heavy atom. The van der Waals surface area contributed by atoms with Crippen LogP contribution in [0.1, 0.15) is 84.7 Å². The molecule has 1 aromatic carbocycles. The molecule has 34 heavy (non-hydrogen) atoms. The largest absolute Gasteiger partial charge is 0.508 e. The molecule has 8 heteroatoms. The summed E-state index contributed by atoms with van der Waals surface area (Å²) in [7, 11) is 1.53. The molecule has 2 unspecified atom stereocenters. The number of aromatic hydroxyl groups is 1. The fraction of sp³-hybridized carbons (Fsp3) is 0.654. The Morgan fingerprint density at radius 1 is 1.12 bits per heavy atom. The third-order valence-corrected chi connectivity index (χ3v) is 5.86. The number of likely N-dealkylation sites (N-methyl/N-ethyl adjacent to an activating group) is 1. The van der Waals surface area contributed by atoms with Crippen LogP contribution >= 0.6 is 0 Å². The van der Waals surface area contributed by atoms with Crippen LogP contribution < -0.4 is 10.6 Å². The van der Waals surface area contributed by atoms with Crippen LogP contribution in [-0.2, 0) is 14.3 Å². The molecule has 1 aliphatic carbocycles. The number of nitrogens with one attached hydrogen (secondary N) is 2. The van der Waals surface area contributed by atoms with Gasteiger partial charge in [-0.3, -0.25) is 9.59 Å². The number of carbonyl (C=O) groups excluding carboxylic acids is 3. The standard InChI is InChI=1S/C26H41N3O5/c1-17(2)16-20(28-25(33)34-26(3,4)5)24(32)29(6)22(19-14-10-11-15-21(19)30)23(31)27-18-12-8-7-9-13-18/h10-11,14-15,17-18,20,22,30H,7-9,12-13,16H2,1-6H3,(H,27,31)(H,28,33). The Kier molecular flexibility index (Phi) is 9.77. The van der Waals surface area contributed by atoms with Crippen LogP contribution in [0.25, 0.3) is 0 Å². The van der Waals surface area contributed by atoms with Crippen molar-refractivity contribution in [1.82, 2.24) is 15.5 Å². The molecular formula is C26H41N3O5. The lowest BCUT2D eigenvalue weighted by atomic mass is 9.94.